The minimum atomic E-state index is -0.169. The van der Waals surface area contributed by atoms with E-state index in [0.29, 0.717) is 23.7 Å². The number of amides is 2. The van der Waals surface area contributed by atoms with E-state index in [1.165, 1.54) is 0 Å². The number of nitrogens with one attached hydrogen (secondary N) is 1. The van der Waals surface area contributed by atoms with E-state index < -0.39 is 0 Å². The second-order valence-corrected chi connectivity index (χ2v) is 5.12. The van der Waals surface area contributed by atoms with Crippen LogP contribution in [-0.2, 0) is 9.59 Å². The first-order chi connectivity index (χ1) is 9.15. The van der Waals surface area contributed by atoms with Gasteiger partial charge in [0.25, 0.3) is 0 Å². The Bertz CT molecular complexity index is 459. The van der Waals surface area contributed by atoms with E-state index in [9.17, 15) is 9.59 Å². The van der Waals surface area contributed by atoms with Crippen LogP contribution in [0.25, 0.3) is 0 Å². The molecular formula is C14H17ClN2O2. The van der Waals surface area contributed by atoms with E-state index in [1.807, 2.05) is 0 Å². The van der Waals surface area contributed by atoms with E-state index in [-0.39, 0.29) is 18.4 Å². The molecule has 1 aliphatic rings. The first-order valence-electron chi connectivity index (χ1n) is 6.48. The Morgan fingerprint density at radius 1 is 1.21 bits per heavy atom. The van der Waals surface area contributed by atoms with Gasteiger partial charge in [0.2, 0.25) is 11.8 Å². The largest absolute Gasteiger partial charge is 0.333 e. The van der Waals surface area contributed by atoms with Gasteiger partial charge in [-0.3, -0.25) is 9.59 Å². The molecule has 1 aromatic rings. The zero-order valence-electron chi connectivity index (χ0n) is 10.7. The molecule has 0 aliphatic carbocycles. The lowest BCUT2D eigenvalue weighted by Gasteiger charge is -2.19. The Balaban J connectivity index is 1.89. The summed E-state index contributed by atoms with van der Waals surface area (Å²) in [5, 5.41) is 3.39. The molecule has 0 aromatic heterocycles. The van der Waals surface area contributed by atoms with Gasteiger partial charge >= 0.3 is 0 Å². The fourth-order valence-corrected chi connectivity index (χ4v) is 2.24. The van der Waals surface area contributed by atoms with Crippen LogP contribution in [0.3, 0.4) is 0 Å². The van der Waals surface area contributed by atoms with Crippen LogP contribution < -0.4 is 5.32 Å². The standard InChI is InChI=1S/C14H17ClN2O2/c15-11-5-7-12(8-6-11)16-13(18)10-17-9-3-1-2-4-14(17)19/h5-8H,1-4,9-10H2,(H,16,18). The summed E-state index contributed by atoms with van der Waals surface area (Å²) < 4.78 is 0. The van der Waals surface area contributed by atoms with Gasteiger partial charge in [-0.15, -0.1) is 0 Å². The molecule has 0 radical (unpaired) electrons. The van der Waals surface area contributed by atoms with Crippen molar-refractivity contribution in [2.75, 3.05) is 18.4 Å². The van der Waals surface area contributed by atoms with Crippen LogP contribution in [-0.4, -0.2) is 29.8 Å². The number of hydrogen-bond donors (Lipinski definition) is 1. The van der Waals surface area contributed by atoms with Crippen molar-refractivity contribution in [1.82, 2.24) is 4.90 Å². The van der Waals surface area contributed by atoms with Crippen LogP contribution in [0.4, 0.5) is 5.69 Å². The lowest BCUT2D eigenvalue weighted by molar-refractivity contribution is -0.134. The molecule has 2 rings (SSSR count). The van der Waals surface area contributed by atoms with Crippen molar-refractivity contribution in [3.63, 3.8) is 0 Å². The topological polar surface area (TPSA) is 49.4 Å². The maximum Gasteiger partial charge on any atom is 0.243 e. The molecule has 0 bridgehead atoms. The summed E-state index contributed by atoms with van der Waals surface area (Å²) in [6.07, 6.45) is 3.50. The average molecular weight is 281 g/mol. The first kappa shape index (κ1) is 13.9. The molecule has 1 saturated heterocycles. The number of hydrogen-bond acceptors (Lipinski definition) is 2. The Kier molecular flexibility index (Phi) is 4.80. The van der Waals surface area contributed by atoms with Gasteiger partial charge in [0.1, 0.15) is 0 Å². The highest BCUT2D eigenvalue weighted by Gasteiger charge is 2.19. The van der Waals surface area contributed by atoms with Gasteiger partial charge in [0.05, 0.1) is 6.54 Å². The number of rotatable bonds is 3. The van der Waals surface area contributed by atoms with E-state index >= 15 is 0 Å². The summed E-state index contributed by atoms with van der Waals surface area (Å²) >= 11 is 5.78. The summed E-state index contributed by atoms with van der Waals surface area (Å²) in [5.74, 6) is -0.0960. The number of nitrogens with zero attached hydrogens (tertiary/aromatic N) is 1. The zero-order chi connectivity index (χ0) is 13.7. The second kappa shape index (κ2) is 6.57. The SMILES string of the molecule is O=C(CN1CCCCCC1=O)Nc1ccc(Cl)cc1. The van der Waals surface area contributed by atoms with Crippen LogP contribution >= 0.6 is 11.6 Å². The summed E-state index contributed by atoms with van der Waals surface area (Å²) in [6.45, 7) is 0.800. The van der Waals surface area contributed by atoms with E-state index in [0.717, 1.165) is 19.3 Å². The predicted molar refractivity (Wildman–Crippen MR) is 75.1 cm³/mol. The Hall–Kier alpha value is -1.55. The highest BCUT2D eigenvalue weighted by molar-refractivity contribution is 6.30. The van der Waals surface area contributed by atoms with Crippen molar-refractivity contribution in [2.24, 2.45) is 0 Å². The predicted octanol–water partition coefficient (Wildman–Crippen LogP) is 2.68. The fourth-order valence-electron chi connectivity index (χ4n) is 2.11. The molecule has 102 valence electrons. The van der Waals surface area contributed by atoms with Crippen molar-refractivity contribution < 1.29 is 9.59 Å². The third-order valence-electron chi connectivity index (χ3n) is 3.13. The van der Waals surface area contributed by atoms with Gasteiger partial charge in [-0.25, -0.2) is 0 Å². The minimum absolute atomic E-state index is 0.0729. The van der Waals surface area contributed by atoms with Gasteiger partial charge in [-0.05, 0) is 37.1 Å². The highest BCUT2D eigenvalue weighted by Crippen LogP contribution is 2.14. The molecule has 0 saturated carbocycles. The third-order valence-corrected chi connectivity index (χ3v) is 3.39. The maximum atomic E-state index is 11.9. The molecular weight excluding hydrogens is 264 g/mol. The molecule has 5 heteroatoms. The highest BCUT2D eigenvalue weighted by atomic mass is 35.5. The lowest BCUT2D eigenvalue weighted by atomic mass is 10.2. The number of benzene rings is 1. The number of carbonyl (C=O) groups is 2. The van der Waals surface area contributed by atoms with Crippen LogP contribution in [0.2, 0.25) is 5.02 Å². The van der Waals surface area contributed by atoms with E-state index in [2.05, 4.69) is 5.32 Å². The van der Waals surface area contributed by atoms with Crippen molar-refractivity contribution in [1.29, 1.82) is 0 Å². The second-order valence-electron chi connectivity index (χ2n) is 4.68. The number of halogens is 1. The van der Waals surface area contributed by atoms with Crippen LogP contribution in [0.15, 0.2) is 24.3 Å². The monoisotopic (exact) mass is 280 g/mol. The molecule has 2 amide bonds. The quantitative estimate of drug-likeness (QED) is 0.925. The molecule has 4 nitrogen and oxygen atoms in total. The smallest absolute Gasteiger partial charge is 0.243 e. The number of likely N-dealkylation sites (tertiary alicyclic amines) is 1. The van der Waals surface area contributed by atoms with Crippen LogP contribution in [0.1, 0.15) is 25.7 Å². The molecule has 0 unspecified atom stereocenters. The summed E-state index contributed by atoms with van der Waals surface area (Å²) in [5.41, 5.74) is 0.691. The Morgan fingerprint density at radius 2 is 1.95 bits per heavy atom. The van der Waals surface area contributed by atoms with E-state index in [4.69, 9.17) is 11.6 Å². The van der Waals surface area contributed by atoms with E-state index in [1.54, 1.807) is 29.2 Å². The van der Waals surface area contributed by atoms with Gasteiger partial charge in [0, 0.05) is 23.7 Å². The van der Waals surface area contributed by atoms with Gasteiger partial charge < -0.3 is 10.2 Å². The number of anilines is 1. The molecule has 0 spiro atoms. The molecule has 1 heterocycles. The van der Waals surface area contributed by atoms with Crippen molar-refractivity contribution in [3.8, 4) is 0 Å². The molecule has 1 aliphatic heterocycles. The maximum absolute atomic E-state index is 11.9. The van der Waals surface area contributed by atoms with Crippen LogP contribution in [0, 0.1) is 0 Å². The lowest BCUT2D eigenvalue weighted by Crippen LogP contribution is -2.37. The Morgan fingerprint density at radius 3 is 2.68 bits per heavy atom. The molecule has 19 heavy (non-hydrogen) atoms. The van der Waals surface area contributed by atoms with Crippen LogP contribution in [0.5, 0.6) is 0 Å². The van der Waals surface area contributed by atoms with Gasteiger partial charge in [-0.1, -0.05) is 18.0 Å². The average Bonchev–Trinajstić information content (AvgIpc) is 2.58. The first-order valence-corrected chi connectivity index (χ1v) is 6.86. The van der Waals surface area contributed by atoms with Gasteiger partial charge in [-0.2, -0.15) is 0 Å². The Labute approximate surface area is 117 Å². The summed E-state index contributed by atoms with van der Waals surface area (Å²) in [4.78, 5) is 25.3. The summed E-state index contributed by atoms with van der Waals surface area (Å²) in [7, 11) is 0. The minimum Gasteiger partial charge on any atom is -0.333 e. The molecule has 1 fully saturated rings. The normalized spacial score (nSPS) is 16.1. The van der Waals surface area contributed by atoms with Crippen molar-refractivity contribution >= 4 is 29.1 Å². The third kappa shape index (κ3) is 4.24. The summed E-state index contributed by atoms with van der Waals surface area (Å²) in [6, 6.07) is 6.91. The molecule has 1 aromatic carbocycles. The van der Waals surface area contributed by atoms with Crippen molar-refractivity contribution in [3.05, 3.63) is 29.3 Å². The number of carbonyl (C=O) groups excluding carboxylic acids is 2. The molecule has 1 N–H and O–H groups in total. The molecule has 0 atom stereocenters. The van der Waals surface area contributed by atoms with Crippen molar-refractivity contribution in [2.45, 2.75) is 25.7 Å². The van der Waals surface area contributed by atoms with Gasteiger partial charge in [0.15, 0.2) is 0 Å². The fraction of sp³-hybridized carbons (Fsp3) is 0.429. The zero-order valence-corrected chi connectivity index (χ0v) is 11.4.